The van der Waals surface area contributed by atoms with E-state index in [0.717, 1.165) is 23.1 Å². The summed E-state index contributed by atoms with van der Waals surface area (Å²) in [5, 5.41) is 5.42. The van der Waals surface area contributed by atoms with Gasteiger partial charge in [-0.2, -0.15) is 0 Å². The molecule has 0 saturated carbocycles. The third-order valence-electron chi connectivity index (χ3n) is 3.89. The smallest absolute Gasteiger partial charge is 0.254 e. The van der Waals surface area contributed by atoms with Crippen molar-refractivity contribution >= 4 is 22.2 Å². The second-order valence-corrected chi connectivity index (χ2v) is 6.50. The van der Waals surface area contributed by atoms with Gasteiger partial charge in [-0.25, -0.2) is 0 Å². The van der Waals surface area contributed by atoms with Gasteiger partial charge < -0.3 is 11.1 Å². The SMILES string of the molecule is CCCNC(=O)c1c(-c2ccc(-c3ccccc3)cc2)csc1N. The number of thiophene rings is 1. The van der Waals surface area contributed by atoms with E-state index in [1.807, 2.05) is 42.6 Å². The summed E-state index contributed by atoms with van der Waals surface area (Å²) in [6, 6.07) is 18.5. The maximum Gasteiger partial charge on any atom is 0.254 e. The number of nitrogens with two attached hydrogens (primary N) is 1. The Labute approximate surface area is 146 Å². The van der Waals surface area contributed by atoms with E-state index in [4.69, 9.17) is 5.73 Å². The van der Waals surface area contributed by atoms with E-state index in [1.54, 1.807) is 0 Å². The summed E-state index contributed by atoms with van der Waals surface area (Å²) in [7, 11) is 0. The molecule has 0 spiro atoms. The highest BCUT2D eigenvalue weighted by Gasteiger charge is 2.18. The number of benzene rings is 2. The van der Waals surface area contributed by atoms with E-state index in [1.165, 1.54) is 16.9 Å². The van der Waals surface area contributed by atoms with Crippen LogP contribution in [0.2, 0.25) is 0 Å². The second-order valence-electron chi connectivity index (χ2n) is 5.59. The first kappa shape index (κ1) is 16.3. The highest BCUT2D eigenvalue weighted by Crippen LogP contribution is 2.34. The lowest BCUT2D eigenvalue weighted by Crippen LogP contribution is -2.24. The highest BCUT2D eigenvalue weighted by molar-refractivity contribution is 7.15. The van der Waals surface area contributed by atoms with Crippen molar-refractivity contribution in [2.45, 2.75) is 13.3 Å². The Morgan fingerprint density at radius 2 is 1.62 bits per heavy atom. The zero-order valence-electron chi connectivity index (χ0n) is 13.6. The van der Waals surface area contributed by atoms with Crippen molar-refractivity contribution in [1.29, 1.82) is 0 Å². The van der Waals surface area contributed by atoms with Gasteiger partial charge in [-0.3, -0.25) is 4.79 Å². The highest BCUT2D eigenvalue weighted by atomic mass is 32.1. The topological polar surface area (TPSA) is 55.1 Å². The van der Waals surface area contributed by atoms with Gasteiger partial charge in [0.1, 0.15) is 0 Å². The van der Waals surface area contributed by atoms with Crippen LogP contribution >= 0.6 is 11.3 Å². The first-order chi connectivity index (χ1) is 11.7. The molecule has 4 heteroatoms. The molecular formula is C20H20N2OS. The minimum Gasteiger partial charge on any atom is -0.390 e. The lowest BCUT2D eigenvalue weighted by atomic mass is 9.99. The third-order valence-corrected chi connectivity index (χ3v) is 4.70. The van der Waals surface area contributed by atoms with Crippen LogP contribution in [0.15, 0.2) is 60.0 Å². The first-order valence-electron chi connectivity index (χ1n) is 8.01. The van der Waals surface area contributed by atoms with Crippen molar-refractivity contribution in [3.63, 3.8) is 0 Å². The second kappa shape index (κ2) is 7.32. The van der Waals surface area contributed by atoms with E-state index >= 15 is 0 Å². The average Bonchev–Trinajstić information content (AvgIpc) is 3.02. The Bertz CT molecular complexity index is 823. The lowest BCUT2D eigenvalue weighted by Gasteiger charge is -2.08. The minimum atomic E-state index is -0.0993. The quantitative estimate of drug-likeness (QED) is 0.703. The molecule has 0 fully saturated rings. The largest absolute Gasteiger partial charge is 0.390 e. The van der Waals surface area contributed by atoms with Crippen molar-refractivity contribution in [3.05, 3.63) is 65.5 Å². The molecule has 122 valence electrons. The first-order valence-corrected chi connectivity index (χ1v) is 8.89. The van der Waals surface area contributed by atoms with Crippen LogP contribution in [0.5, 0.6) is 0 Å². The van der Waals surface area contributed by atoms with E-state index in [2.05, 4.69) is 29.6 Å². The molecule has 1 amide bonds. The number of rotatable bonds is 5. The van der Waals surface area contributed by atoms with Crippen molar-refractivity contribution in [2.24, 2.45) is 0 Å². The van der Waals surface area contributed by atoms with Crippen LogP contribution in [0, 0.1) is 0 Å². The lowest BCUT2D eigenvalue weighted by molar-refractivity contribution is 0.0955. The van der Waals surface area contributed by atoms with Gasteiger partial charge in [0.15, 0.2) is 0 Å². The van der Waals surface area contributed by atoms with Crippen LogP contribution in [0.1, 0.15) is 23.7 Å². The minimum absolute atomic E-state index is 0.0993. The molecule has 0 radical (unpaired) electrons. The van der Waals surface area contributed by atoms with E-state index in [-0.39, 0.29) is 5.91 Å². The Morgan fingerprint density at radius 3 is 2.29 bits per heavy atom. The van der Waals surface area contributed by atoms with Gasteiger partial charge in [0.2, 0.25) is 0 Å². The summed E-state index contributed by atoms with van der Waals surface area (Å²) >= 11 is 1.41. The summed E-state index contributed by atoms with van der Waals surface area (Å²) in [5.41, 5.74) is 10.8. The molecule has 24 heavy (non-hydrogen) atoms. The number of carbonyl (C=O) groups excluding carboxylic acids is 1. The molecule has 1 heterocycles. The maximum atomic E-state index is 12.4. The molecule has 0 bridgehead atoms. The Hall–Kier alpha value is -2.59. The Kier molecular flexibility index (Phi) is 4.96. The Balaban J connectivity index is 1.91. The summed E-state index contributed by atoms with van der Waals surface area (Å²) in [5.74, 6) is -0.0993. The fraction of sp³-hybridized carbons (Fsp3) is 0.150. The molecule has 0 atom stereocenters. The fourth-order valence-electron chi connectivity index (χ4n) is 2.62. The summed E-state index contributed by atoms with van der Waals surface area (Å²) < 4.78 is 0. The number of carbonyl (C=O) groups is 1. The van der Waals surface area contributed by atoms with Gasteiger partial charge in [-0.1, -0.05) is 61.5 Å². The molecule has 0 aliphatic carbocycles. The van der Waals surface area contributed by atoms with Crippen molar-refractivity contribution in [2.75, 3.05) is 12.3 Å². The van der Waals surface area contributed by atoms with E-state index in [0.29, 0.717) is 17.1 Å². The number of anilines is 1. The van der Waals surface area contributed by atoms with Crippen molar-refractivity contribution in [3.8, 4) is 22.3 Å². The van der Waals surface area contributed by atoms with Crippen LogP contribution in [-0.4, -0.2) is 12.5 Å². The molecule has 3 nitrogen and oxygen atoms in total. The molecule has 3 N–H and O–H groups in total. The summed E-state index contributed by atoms with van der Waals surface area (Å²) in [6.45, 7) is 2.68. The van der Waals surface area contributed by atoms with Crippen LogP contribution < -0.4 is 11.1 Å². The van der Waals surface area contributed by atoms with Gasteiger partial charge in [-0.05, 0) is 23.1 Å². The molecule has 3 rings (SSSR count). The predicted octanol–water partition coefficient (Wildman–Crippen LogP) is 4.80. The number of nitrogens with one attached hydrogen (secondary N) is 1. The number of nitrogen functional groups attached to an aromatic ring is 1. The maximum absolute atomic E-state index is 12.4. The fourth-order valence-corrected chi connectivity index (χ4v) is 3.44. The molecule has 0 aliphatic rings. The van der Waals surface area contributed by atoms with Gasteiger partial charge >= 0.3 is 0 Å². The molecule has 2 aromatic carbocycles. The zero-order valence-corrected chi connectivity index (χ0v) is 14.4. The van der Waals surface area contributed by atoms with Crippen molar-refractivity contribution < 1.29 is 4.79 Å². The van der Waals surface area contributed by atoms with Gasteiger partial charge in [0.05, 0.1) is 10.6 Å². The molecule has 3 aromatic rings. The number of amides is 1. The van der Waals surface area contributed by atoms with E-state index in [9.17, 15) is 4.79 Å². The standard InChI is InChI=1S/C20H20N2OS/c1-2-12-22-20(23)18-17(13-24-19(18)21)16-10-8-15(9-11-16)14-6-4-3-5-7-14/h3-11,13H,2,12,21H2,1H3,(H,22,23). The van der Waals surface area contributed by atoms with Crippen LogP contribution in [0.4, 0.5) is 5.00 Å². The zero-order chi connectivity index (χ0) is 16.9. The monoisotopic (exact) mass is 336 g/mol. The third kappa shape index (κ3) is 3.34. The summed E-state index contributed by atoms with van der Waals surface area (Å²) in [6.07, 6.45) is 0.900. The van der Waals surface area contributed by atoms with Gasteiger partial charge in [0, 0.05) is 17.5 Å². The summed E-state index contributed by atoms with van der Waals surface area (Å²) in [4.78, 5) is 12.4. The van der Waals surface area contributed by atoms with Gasteiger partial charge in [0.25, 0.3) is 5.91 Å². The normalized spacial score (nSPS) is 10.5. The molecule has 1 aromatic heterocycles. The van der Waals surface area contributed by atoms with Crippen molar-refractivity contribution in [1.82, 2.24) is 5.32 Å². The molecule has 0 aliphatic heterocycles. The van der Waals surface area contributed by atoms with Gasteiger partial charge in [-0.15, -0.1) is 11.3 Å². The molecular weight excluding hydrogens is 316 g/mol. The number of hydrogen-bond donors (Lipinski definition) is 2. The van der Waals surface area contributed by atoms with Crippen LogP contribution in [0.25, 0.3) is 22.3 Å². The predicted molar refractivity (Wildman–Crippen MR) is 102 cm³/mol. The van der Waals surface area contributed by atoms with Crippen LogP contribution in [0.3, 0.4) is 0 Å². The Morgan fingerprint density at radius 1 is 1.00 bits per heavy atom. The number of hydrogen-bond acceptors (Lipinski definition) is 3. The molecule has 0 unspecified atom stereocenters. The van der Waals surface area contributed by atoms with E-state index < -0.39 is 0 Å². The van der Waals surface area contributed by atoms with Crippen LogP contribution in [-0.2, 0) is 0 Å². The average molecular weight is 336 g/mol. The molecule has 0 saturated heterocycles.